The highest BCUT2D eigenvalue weighted by atomic mass is 16.6. The predicted molar refractivity (Wildman–Crippen MR) is 109 cm³/mol. The maximum absolute atomic E-state index is 11.7. The van der Waals surface area contributed by atoms with Crippen molar-refractivity contribution in [2.75, 3.05) is 34.9 Å². The molecule has 3 rings (SSSR count). The number of nitro groups is 1. The van der Waals surface area contributed by atoms with Crippen LogP contribution in [0.2, 0.25) is 0 Å². The highest BCUT2D eigenvalue weighted by molar-refractivity contribution is 6.03. The maximum atomic E-state index is 11.7. The van der Waals surface area contributed by atoms with Crippen molar-refractivity contribution in [3.05, 3.63) is 58.3 Å². The van der Waals surface area contributed by atoms with Crippen LogP contribution in [0.15, 0.2) is 42.6 Å². The van der Waals surface area contributed by atoms with Gasteiger partial charge in [-0.05, 0) is 38.2 Å². The van der Waals surface area contributed by atoms with Gasteiger partial charge in [0.1, 0.15) is 5.75 Å². The van der Waals surface area contributed by atoms with E-state index in [1.807, 2.05) is 49.3 Å². The molecule has 0 bridgehead atoms. The van der Waals surface area contributed by atoms with E-state index in [9.17, 15) is 10.1 Å². The fourth-order valence-electron chi connectivity index (χ4n) is 3.25. The summed E-state index contributed by atoms with van der Waals surface area (Å²) in [6.07, 6.45) is 2.27. The van der Waals surface area contributed by atoms with Gasteiger partial charge in [-0.25, -0.2) is 4.98 Å². The fraction of sp³-hybridized carbons (Fsp3) is 0.286. The zero-order valence-electron chi connectivity index (χ0n) is 16.4. The number of likely N-dealkylation sites (N-methyl/N-ethyl adjacent to an activating group) is 1. The number of aromatic nitrogens is 1. The lowest BCUT2D eigenvalue weighted by Gasteiger charge is -2.14. The molecule has 0 unspecified atom stereocenters. The van der Waals surface area contributed by atoms with Crippen LogP contribution in [0.5, 0.6) is 11.6 Å². The zero-order chi connectivity index (χ0) is 20.3. The normalized spacial score (nSPS) is 11.0. The number of methoxy groups -OCH3 is 2. The Morgan fingerprint density at radius 1 is 1.14 bits per heavy atom. The molecule has 28 heavy (non-hydrogen) atoms. The molecule has 7 nitrogen and oxygen atoms in total. The number of nitrogens with zero attached hydrogens (tertiary/aromatic N) is 3. The third kappa shape index (κ3) is 3.75. The smallest absolute Gasteiger partial charge is 0.273 e. The molecule has 7 heteroatoms. The van der Waals surface area contributed by atoms with Gasteiger partial charge in [0.2, 0.25) is 5.88 Å². The van der Waals surface area contributed by atoms with Crippen LogP contribution in [0.25, 0.3) is 21.9 Å². The number of rotatable bonds is 7. The van der Waals surface area contributed by atoms with Gasteiger partial charge in [-0.2, -0.15) is 0 Å². The van der Waals surface area contributed by atoms with E-state index < -0.39 is 0 Å². The van der Waals surface area contributed by atoms with Crippen molar-refractivity contribution in [2.45, 2.75) is 6.42 Å². The number of benzene rings is 2. The Balaban J connectivity index is 2.20. The van der Waals surface area contributed by atoms with E-state index in [1.54, 1.807) is 26.5 Å². The van der Waals surface area contributed by atoms with Gasteiger partial charge in [0, 0.05) is 40.7 Å². The summed E-state index contributed by atoms with van der Waals surface area (Å²) >= 11 is 0. The first-order valence-corrected chi connectivity index (χ1v) is 8.88. The van der Waals surface area contributed by atoms with Crippen molar-refractivity contribution in [2.24, 2.45) is 0 Å². The average molecular weight is 381 g/mol. The van der Waals surface area contributed by atoms with Crippen LogP contribution in [0.1, 0.15) is 5.56 Å². The van der Waals surface area contributed by atoms with E-state index in [1.165, 1.54) is 0 Å². The Morgan fingerprint density at radius 3 is 2.57 bits per heavy atom. The van der Waals surface area contributed by atoms with Crippen LogP contribution < -0.4 is 9.47 Å². The summed E-state index contributed by atoms with van der Waals surface area (Å²) in [5.74, 6) is 1.14. The quantitative estimate of drug-likeness (QED) is 0.456. The molecule has 0 atom stereocenters. The number of hydrogen-bond acceptors (Lipinski definition) is 6. The first kappa shape index (κ1) is 19.6. The van der Waals surface area contributed by atoms with E-state index in [0.29, 0.717) is 29.2 Å². The second-order valence-corrected chi connectivity index (χ2v) is 6.72. The van der Waals surface area contributed by atoms with Crippen LogP contribution >= 0.6 is 0 Å². The largest absolute Gasteiger partial charge is 0.496 e. The van der Waals surface area contributed by atoms with Gasteiger partial charge in [0.15, 0.2) is 0 Å². The van der Waals surface area contributed by atoms with Crippen LogP contribution in [0.4, 0.5) is 5.69 Å². The molecule has 0 aliphatic heterocycles. The Hall–Kier alpha value is -3.19. The van der Waals surface area contributed by atoms with Crippen molar-refractivity contribution < 1.29 is 14.4 Å². The molecule has 1 heterocycles. The molecule has 1 aromatic heterocycles. The van der Waals surface area contributed by atoms with Crippen LogP contribution in [0, 0.1) is 10.1 Å². The molecule has 0 saturated heterocycles. The molecule has 0 aliphatic rings. The number of ether oxygens (including phenoxy) is 2. The van der Waals surface area contributed by atoms with E-state index in [-0.39, 0.29) is 10.6 Å². The van der Waals surface area contributed by atoms with Crippen molar-refractivity contribution in [1.82, 2.24) is 9.88 Å². The lowest BCUT2D eigenvalue weighted by atomic mass is 9.97. The lowest BCUT2D eigenvalue weighted by molar-refractivity contribution is -0.385. The van der Waals surface area contributed by atoms with Crippen molar-refractivity contribution >= 4 is 16.5 Å². The first-order chi connectivity index (χ1) is 13.5. The number of pyridine rings is 1. The average Bonchev–Trinajstić information content (AvgIpc) is 2.70. The van der Waals surface area contributed by atoms with Crippen LogP contribution in [-0.4, -0.2) is 49.7 Å². The van der Waals surface area contributed by atoms with Gasteiger partial charge in [0.05, 0.1) is 19.1 Å². The summed E-state index contributed by atoms with van der Waals surface area (Å²) in [6.45, 7) is 0.737. The topological polar surface area (TPSA) is 77.7 Å². The summed E-state index contributed by atoms with van der Waals surface area (Å²) in [5.41, 5.74) is 2.29. The Bertz CT molecular complexity index is 1020. The summed E-state index contributed by atoms with van der Waals surface area (Å²) in [7, 11) is 7.05. The third-order valence-corrected chi connectivity index (χ3v) is 4.67. The molecule has 0 fully saturated rings. The molecule has 0 spiro atoms. The van der Waals surface area contributed by atoms with Crippen molar-refractivity contribution in [3.63, 3.8) is 0 Å². The van der Waals surface area contributed by atoms with Gasteiger partial charge >= 0.3 is 0 Å². The minimum atomic E-state index is -0.329. The molecule has 146 valence electrons. The molecular formula is C21H23N3O4. The SMILES string of the molecule is COc1ncc(-c2ccc(CCN(C)C)c([N+](=O)[O-])c2)c2c(OC)cccc12. The fourth-order valence-corrected chi connectivity index (χ4v) is 3.25. The number of nitro benzene ring substituents is 1. The molecular weight excluding hydrogens is 358 g/mol. The molecule has 2 aromatic carbocycles. The Morgan fingerprint density at radius 2 is 1.93 bits per heavy atom. The van der Waals surface area contributed by atoms with Gasteiger partial charge in [-0.1, -0.05) is 18.2 Å². The van der Waals surface area contributed by atoms with Gasteiger partial charge in [-0.15, -0.1) is 0 Å². The van der Waals surface area contributed by atoms with Gasteiger partial charge in [-0.3, -0.25) is 10.1 Å². The van der Waals surface area contributed by atoms with Crippen LogP contribution in [-0.2, 0) is 6.42 Å². The molecule has 3 aromatic rings. The second kappa shape index (κ2) is 8.22. The second-order valence-electron chi connectivity index (χ2n) is 6.72. The van der Waals surface area contributed by atoms with E-state index >= 15 is 0 Å². The molecule has 0 saturated carbocycles. The van der Waals surface area contributed by atoms with Crippen molar-refractivity contribution in [3.8, 4) is 22.8 Å². The van der Waals surface area contributed by atoms with Gasteiger partial charge in [0.25, 0.3) is 5.69 Å². The summed E-state index contributed by atoms with van der Waals surface area (Å²) in [6, 6.07) is 10.9. The highest BCUT2D eigenvalue weighted by Gasteiger charge is 2.19. The summed E-state index contributed by atoms with van der Waals surface area (Å²) in [4.78, 5) is 17.7. The molecule has 0 aliphatic carbocycles. The Kier molecular flexibility index (Phi) is 5.75. The lowest BCUT2D eigenvalue weighted by Crippen LogP contribution is -2.15. The monoisotopic (exact) mass is 381 g/mol. The molecule has 0 radical (unpaired) electrons. The van der Waals surface area contributed by atoms with E-state index in [0.717, 1.165) is 22.9 Å². The zero-order valence-corrected chi connectivity index (χ0v) is 16.4. The minimum absolute atomic E-state index is 0.109. The minimum Gasteiger partial charge on any atom is -0.496 e. The number of hydrogen-bond donors (Lipinski definition) is 0. The maximum Gasteiger partial charge on any atom is 0.273 e. The summed E-state index contributed by atoms with van der Waals surface area (Å²) in [5, 5.41) is 13.3. The van der Waals surface area contributed by atoms with E-state index in [2.05, 4.69) is 4.98 Å². The Labute approximate surface area is 163 Å². The van der Waals surface area contributed by atoms with Crippen molar-refractivity contribution in [1.29, 1.82) is 0 Å². The molecule has 0 amide bonds. The first-order valence-electron chi connectivity index (χ1n) is 8.88. The van der Waals surface area contributed by atoms with Crippen LogP contribution in [0.3, 0.4) is 0 Å². The molecule has 0 N–H and O–H groups in total. The standard InChI is InChI=1S/C21H23N3O4/c1-23(2)11-10-14-8-9-15(12-18(14)24(25)26)17-13-22-21(28-4)16-6-5-7-19(27-3)20(16)17/h5-9,12-13H,10-11H2,1-4H3. The van der Waals surface area contributed by atoms with Gasteiger partial charge < -0.3 is 14.4 Å². The predicted octanol–water partition coefficient (Wildman–Crippen LogP) is 3.93. The highest BCUT2D eigenvalue weighted by Crippen LogP contribution is 2.39. The number of fused-ring (bicyclic) bond motifs is 1. The van der Waals surface area contributed by atoms with E-state index in [4.69, 9.17) is 9.47 Å². The summed E-state index contributed by atoms with van der Waals surface area (Å²) < 4.78 is 10.9. The third-order valence-electron chi connectivity index (χ3n) is 4.67.